The molecule has 0 bridgehead atoms. The molecule has 0 spiro atoms. The van der Waals surface area contributed by atoms with Crippen molar-refractivity contribution < 1.29 is 13.9 Å². The van der Waals surface area contributed by atoms with Crippen LogP contribution in [0.3, 0.4) is 0 Å². The molecule has 130 valence electrons. The lowest BCUT2D eigenvalue weighted by Crippen LogP contribution is -2.29. The molecule has 1 amide bonds. The highest BCUT2D eigenvalue weighted by Gasteiger charge is 2.42. The van der Waals surface area contributed by atoms with E-state index in [1.165, 1.54) is 0 Å². The average molecular weight is 347 g/mol. The molecular formula is C21H17NO4. The van der Waals surface area contributed by atoms with Crippen molar-refractivity contribution in [1.29, 1.82) is 0 Å². The van der Waals surface area contributed by atoms with Crippen LogP contribution in [0.5, 0.6) is 5.75 Å². The highest BCUT2D eigenvalue weighted by molar-refractivity contribution is 5.99. The Bertz CT molecular complexity index is 1080. The fourth-order valence-electron chi connectivity index (χ4n) is 3.45. The molecule has 4 rings (SSSR count). The van der Waals surface area contributed by atoms with E-state index in [-0.39, 0.29) is 17.1 Å². The number of carbonyl (C=O) groups excluding carboxylic acids is 1. The number of fused-ring (bicyclic) bond motifs is 2. The molecule has 0 fully saturated rings. The van der Waals surface area contributed by atoms with E-state index in [9.17, 15) is 9.59 Å². The smallest absolute Gasteiger partial charge is 0.291 e. The van der Waals surface area contributed by atoms with Crippen LogP contribution >= 0.6 is 0 Å². The van der Waals surface area contributed by atoms with Gasteiger partial charge in [0.25, 0.3) is 5.91 Å². The molecule has 0 unspecified atom stereocenters. The molecule has 0 radical (unpaired) electrons. The normalized spacial score (nSPS) is 16.0. The van der Waals surface area contributed by atoms with Gasteiger partial charge in [-0.25, -0.2) is 0 Å². The summed E-state index contributed by atoms with van der Waals surface area (Å²) in [6, 6.07) is 13.8. The van der Waals surface area contributed by atoms with Crippen molar-refractivity contribution in [2.75, 3.05) is 13.7 Å². The molecule has 0 saturated carbocycles. The first-order valence-electron chi connectivity index (χ1n) is 8.27. The van der Waals surface area contributed by atoms with Gasteiger partial charge in [-0.2, -0.15) is 0 Å². The fourth-order valence-corrected chi connectivity index (χ4v) is 3.45. The van der Waals surface area contributed by atoms with Crippen LogP contribution < -0.4 is 10.2 Å². The molecule has 1 aromatic heterocycles. The number of methoxy groups -OCH3 is 1. The standard InChI is InChI=1S/C21H17NO4/c1-3-11-22-18(13-7-6-8-14(12-13)25-2)17-19(23)15-9-4-5-10-16(15)26-20(17)21(22)24/h3-10,12,18H,1,11H2,2H3/t18-/m0/s1. The number of ether oxygens (including phenoxy) is 1. The summed E-state index contributed by atoms with van der Waals surface area (Å²) in [6.45, 7) is 4.04. The molecule has 2 heterocycles. The van der Waals surface area contributed by atoms with Crippen molar-refractivity contribution in [2.45, 2.75) is 6.04 Å². The molecule has 0 aliphatic carbocycles. The van der Waals surface area contributed by atoms with Gasteiger partial charge in [0.15, 0.2) is 5.43 Å². The maximum Gasteiger partial charge on any atom is 0.291 e. The summed E-state index contributed by atoms with van der Waals surface area (Å²) in [4.78, 5) is 27.7. The van der Waals surface area contributed by atoms with E-state index in [4.69, 9.17) is 9.15 Å². The summed E-state index contributed by atoms with van der Waals surface area (Å²) in [7, 11) is 1.58. The lowest BCUT2D eigenvalue weighted by molar-refractivity contribution is 0.0748. The monoisotopic (exact) mass is 347 g/mol. The van der Waals surface area contributed by atoms with Crippen molar-refractivity contribution in [2.24, 2.45) is 0 Å². The summed E-state index contributed by atoms with van der Waals surface area (Å²) in [5.41, 5.74) is 1.38. The van der Waals surface area contributed by atoms with Gasteiger partial charge in [-0.15, -0.1) is 6.58 Å². The van der Waals surface area contributed by atoms with Crippen molar-refractivity contribution >= 4 is 16.9 Å². The number of rotatable bonds is 4. The first-order chi connectivity index (χ1) is 12.7. The van der Waals surface area contributed by atoms with Gasteiger partial charge in [-0.05, 0) is 29.8 Å². The maximum absolute atomic E-state index is 13.2. The van der Waals surface area contributed by atoms with E-state index < -0.39 is 6.04 Å². The minimum Gasteiger partial charge on any atom is -0.497 e. The zero-order valence-corrected chi connectivity index (χ0v) is 14.3. The summed E-state index contributed by atoms with van der Waals surface area (Å²) >= 11 is 0. The van der Waals surface area contributed by atoms with Gasteiger partial charge >= 0.3 is 0 Å². The fraction of sp³-hybridized carbons (Fsp3) is 0.143. The van der Waals surface area contributed by atoms with Crippen LogP contribution in [0.1, 0.15) is 27.7 Å². The third kappa shape index (κ3) is 2.32. The van der Waals surface area contributed by atoms with Crippen molar-refractivity contribution in [3.8, 4) is 5.75 Å². The van der Waals surface area contributed by atoms with Crippen LogP contribution in [0.2, 0.25) is 0 Å². The third-order valence-electron chi connectivity index (χ3n) is 4.61. The van der Waals surface area contributed by atoms with E-state index in [0.29, 0.717) is 28.8 Å². The first kappa shape index (κ1) is 16.1. The van der Waals surface area contributed by atoms with Crippen LogP contribution in [-0.2, 0) is 0 Å². The largest absolute Gasteiger partial charge is 0.497 e. The van der Waals surface area contributed by atoms with Crippen LogP contribution in [0.15, 0.2) is 70.4 Å². The predicted octanol–water partition coefficient (Wildman–Crippen LogP) is 3.53. The Morgan fingerprint density at radius 2 is 2.00 bits per heavy atom. The predicted molar refractivity (Wildman–Crippen MR) is 98.6 cm³/mol. The Morgan fingerprint density at radius 3 is 2.77 bits per heavy atom. The molecule has 5 nitrogen and oxygen atoms in total. The number of carbonyl (C=O) groups is 1. The van der Waals surface area contributed by atoms with E-state index in [0.717, 1.165) is 5.56 Å². The third-order valence-corrected chi connectivity index (χ3v) is 4.61. The second-order valence-corrected chi connectivity index (χ2v) is 6.10. The number of hydrogen-bond donors (Lipinski definition) is 0. The average Bonchev–Trinajstić information content (AvgIpc) is 2.95. The van der Waals surface area contributed by atoms with Gasteiger partial charge in [0.05, 0.1) is 24.1 Å². The molecule has 2 aromatic carbocycles. The van der Waals surface area contributed by atoms with Crippen LogP contribution in [0.4, 0.5) is 0 Å². The van der Waals surface area contributed by atoms with Crippen molar-refractivity contribution in [3.05, 3.63) is 88.3 Å². The Hall–Kier alpha value is -3.34. The van der Waals surface area contributed by atoms with E-state index in [2.05, 4.69) is 6.58 Å². The SMILES string of the molecule is C=CCN1C(=O)c2oc3ccccc3c(=O)c2[C@@H]1c1cccc(OC)c1. The van der Waals surface area contributed by atoms with Crippen LogP contribution in [0.25, 0.3) is 11.0 Å². The summed E-state index contributed by atoms with van der Waals surface area (Å²) in [5.74, 6) is 0.450. The van der Waals surface area contributed by atoms with E-state index in [1.54, 1.807) is 42.4 Å². The quantitative estimate of drug-likeness (QED) is 0.678. The Kier molecular flexibility index (Phi) is 3.84. The molecule has 1 aliphatic rings. The van der Waals surface area contributed by atoms with Gasteiger partial charge in [0.1, 0.15) is 11.3 Å². The van der Waals surface area contributed by atoms with Gasteiger partial charge in [0.2, 0.25) is 5.76 Å². The maximum atomic E-state index is 13.2. The Balaban J connectivity index is 2.01. The first-order valence-corrected chi connectivity index (χ1v) is 8.27. The Morgan fingerprint density at radius 1 is 1.19 bits per heavy atom. The van der Waals surface area contributed by atoms with Crippen molar-refractivity contribution in [1.82, 2.24) is 4.90 Å². The highest BCUT2D eigenvalue weighted by Crippen LogP contribution is 2.38. The summed E-state index contributed by atoms with van der Waals surface area (Å²) in [5, 5.41) is 0.465. The molecular weight excluding hydrogens is 330 g/mol. The number of para-hydroxylation sites is 1. The molecule has 0 N–H and O–H groups in total. The van der Waals surface area contributed by atoms with Gasteiger partial charge in [0, 0.05) is 6.54 Å². The minimum atomic E-state index is -0.536. The highest BCUT2D eigenvalue weighted by atomic mass is 16.5. The number of amides is 1. The van der Waals surface area contributed by atoms with E-state index >= 15 is 0 Å². The number of hydrogen-bond acceptors (Lipinski definition) is 4. The van der Waals surface area contributed by atoms with Gasteiger partial charge < -0.3 is 14.1 Å². The van der Waals surface area contributed by atoms with Gasteiger partial charge in [-0.1, -0.05) is 30.3 Å². The molecule has 5 heteroatoms. The van der Waals surface area contributed by atoms with Crippen molar-refractivity contribution in [3.63, 3.8) is 0 Å². The number of benzene rings is 2. The summed E-state index contributed by atoms with van der Waals surface area (Å²) in [6.07, 6.45) is 1.64. The van der Waals surface area contributed by atoms with Crippen LogP contribution in [0, 0.1) is 0 Å². The van der Waals surface area contributed by atoms with Gasteiger partial charge in [-0.3, -0.25) is 9.59 Å². The zero-order valence-electron chi connectivity index (χ0n) is 14.3. The topological polar surface area (TPSA) is 59.8 Å². The minimum absolute atomic E-state index is 0.100. The second-order valence-electron chi connectivity index (χ2n) is 6.10. The molecule has 26 heavy (non-hydrogen) atoms. The summed E-state index contributed by atoms with van der Waals surface area (Å²) < 4.78 is 11.1. The van der Waals surface area contributed by atoms with Crippen LogP contribution in [-0.4, -0.2) is 24.5 Å². The number of nitrogens with zero attached hydrogens (tertiary/aromatic N) is 1. The second kappa shape index (κ2) is 6.19. The lowest BCUT2D eigenvalue weighted by atomic mass is 9.98. The molecule has 0 saturated heterocycles. The molecule has 1 aliphatic heterocycles. The lowest BCUT2D eigenvalue weighted by Gasteiger charge is -2.24. The van der Waals surface area contributed by atoms with E-state index in [1.807, 2.05) is 24.3 Å². The zero-order chi connectivity index (χ0) is 18.3. The Labute approximate surface area is 150 Å². The molecule has 1 atom stereocenters. The molecule has 3 aromatic rings.